The number of hydrogen-bond donors (Lipinski definition) is 1. The van der Waals surface area contributed by atoms with E-state index < -0.39 is 0 Å². The number of nitrogens with zero attached hydrogens (tertiary/aromatic N) is 1. The van der Waals surface area contributed by atoms with E-state index in [-0.39, 0.29) is 0 Å². The van der Waals surface area contributed by atoms with Crippen LogP contribution >= 0.6 is 38.5 Å². The Labute approximate surface area is 128 Å². The van der Waals surface area contributed by atoms with Crippen LogP contribution in [0.15, 0.2) is 46.9 Å². The molecular weight excluding hydrogens is 403 g/mol. The molecule has 0 saturated carbocycles. The predicted octanol–water partition coefficient (Wildman–Crippen LogP) is 4.40. The summed E-state index contributed by atoms with van der Waals surface area (Å²) in [7, 11) is 0. The van der Waals surface area contributed by atoms with E-state index >= 15 is 0 Å². The normalized spacial score (nSPS) is 13.9. The van der Waals surface area contributed by atoms with Gasteiger partial charge in [0.15, 0.2) is 0 Å². The maximum absolute atomic E-state index is 8.26. The molecule has 0 bridgehead atoms. The van der Waals surface area contributed by atoms with E-state index in [1.807, 2.05) is 23.1 Å². The third kappa shape index (κ3) is 1.97. The molecule has 0 spiro atoms. The van der Waals surface area contributed by atoms with Crippen molar-refractivity contribution in [2.45, 2.75) is 6.54 Å². The van der Waals surface area contributed by atoms with Gasteiger partial charge in [-0.05, 0) is 62.3 Å². The fourth-order valence-electron chi connectivity index (χ4n) is 2.16. The quantitative estimate of drug-likeness (QED) is 0.690. The topological polar surface area (TPSA) is 27.1 Å². The zero-order valence-electron chi connectivity index (χ0n) is 9.45. The summed E-state index contributed by atoms with van der Waals surface area (Å²) in [5, 5.41) is 8.26. The molecule has 0 fully saturated rings. The van der Waals surface area contributed by atoms with Crippen molar-refractivity contribution in [3.8, 4) is 0 Å². The van der Waals surface area contributed by atoms with Gasteiger partial charge in [0.2, 0.25) is 0 Å². The molecule has 3 rings (SSSR count). The van der Waals surface area contributed by atoms with Gasteiger partial charge in [-0.15, -0.1) is 0 Å². The number of amidine groups is 1. The number of rotatable bonds is 1. The van der Waals surface area contributed by atoms with Crippen molar-refractivity contribution in [3.05, 3.63) is 61.6 Å². The monoisotopic (exact) mass is 412 g/mol. The number of fused-ring (bicyclic) bond motifs is 1. The van der Waals surface area contributed by atoms with E-state index in [9.17, 15) is 0 Å². The first-order chi connectivity index (χ1) is 8.66. The Hall–Kier alpha value is -0.880. The molecule has 1 heterocycles. The van der Waals surface area contributed by atoms with Crippen LogP contribution in [-0.2, 0) is 6.54 Å². The minimum Gasteiger partial charge on any atom is -0.322 e. The third-order valence-electron chi connectivity index (χ3n) is 3.09. The maximum atomic E-state index is 8.26. The molecule has 0 atom stereocenters. The summed E-state index contributed by atoms with van der Waals surface area (Å²) in [6, 6.07) is 14.3. The summed E-state index contributed by atoms with van der Waals surface area (Å²) < 4.78 is 2.25. The Bertz CT molecular complexity index is 639. The number of nitrogens with one attached hydrogen (secondary N) is 1. The van der Waals surface area contributed by atoms with E-state index in [1.54, 1.807) is 0 Å². The molecule has 0 saturated heterocycles. The van der Waals surface area contributed by atoms with Crippen LogP contribution in [0.2, 0.25) is 0 Å². The summed E-state index contributed by atoms with van der Waals surface area (Å²) in [5.41, 5.74) is 3.31. The van der Waals surface area contributed by atoms with Gasteiger partial charge in [-0.2, -0.15) is 0 Å². The number of halogens is 2. The first-order valence-electron chi connectivity index (χ1n) is 5.56. The van der Waals surface area contributed by atoms with Crippen molar-refractivity contribution < 1.29 is 0 Å². The van der Waals surface area contributed by atoms with E-state index in [0.29, 0.717) is 5.84 Å². The Kier molecular flexibility index (Phi) is 3.15. The Morgan fingerprint density at radius 2 is 1.94 bits per heavy atom. The maximum Gasteiger partial charge on any atom is 0.133 e. The lowest BCUT2D eigenvalue weighted by Crippen LogP contribution is -2.22. The van der Waals surface area contributed by atoms with E-state index in [0.717, 1.165) is 22.3 Å². The molecule has 0 aromatic heterocycles. The molecule has 4 heteroatoms. The lowest BCUT2D eigenvalue weighted by Gasteiger charge is -2.18. The Balaban J connectivity index is 2.01. The van der Waals surface area contributed by atoms with Gasteiger partial charge in [-0.1, -0.05) is 24.3 Å². The van der Waals surface area contributed by atoms with Gasteiger partial charge < -0.3 is 4.90 Å². The van der Waals surface area contributed by atoms with Crippen molar-refractivity contribution >= 4 is 50.0 Å². The molecule has 0 aliphatic carbocycles. The molecule has 0 amide bonds. The van der Waals surface area contributed by atoms with Crippen LogP contribution in [0.3, 0.4) is 0 Å². The van der Waals surface area contributed by atoms with Gasteiger partial charge in [-0.3, -0.25) is 5.41 Å². The zero-order valence-corrected chi connectivity index (χ0v) is 13.2. The van der Waals surface area contributed by atoms with Crippen molar-refractivity contribution in [2.75, 3.05) is 4.90 Å². The molecule has 18 heavy (non-hydrogen) atoms. The highest BCUT2D eigenvalue weighted by atomic mass is 127. The molecule has 1 aliphatic rings. The fourth-order valence-corrected chi connectivity index (χ4v) is 2.86. The number of benzene rings is 2. The molecule has 1 aliphatic heterocycles. The summed E-state index contributed by atoms with van der Waals surface area (Å²) in [6.45, 7) is 0.780. The molecule has 2 nitrogen and oxygen atoms in total. The largest absolute Gasteiger partial charge is 0.322 e. The van der Waals surface area contributed by atoms with Crippen LogP contribution in [0, 0.1) is 8.98 Å². The summed E-state index contributed by atoms with van der Waals surface area (Å²) in [4.78, 5) is 2.03. The summed E-state index contributed by atoms with van der Waals surface area (Å²) in [6.07, 6.45) is 0. The number of anilines is 1. The molecule has 1 N–H and O–H groups in total. The van der Waals surface area contributed by atoms with Crippen LogP contribution in [-0.4, -0.2) is 5.84 Å². The lowest BCUT2D eigenvalue weighted by molar-refractivity contribution is 1.04. The SMILES string of the molecule is N=C1c2ccccc2CN1c1ccc(I)c(Br)c1. The van der Waals surface area contributed by atoms with E-state index in [1.165, 1.54) is 9.13 Å². The lowest BCUT2D eigenvalue weighted by atomic mass is 10.1. The second kappa shape index (κ2) is 4.66. The van der Waals surface area contributed by atoms with Crippen LogP contribution in [0.4, 0.5) is 5.69 Å². The second-order valence-electron chi connectivity index (χ2n) is 4.19. The first-order valence-corrected chi connectivity index (χ1v) is 7.43. The highest BCUT2D eigenvalue weighted by Gasteiger charge is 2.24. The first kappa shape index (κ1) is 12.2. The van der Waals surface area contributed by atoms with Gasteiger partial charge in [0.05, 0.1) is 6.54 Å². The number of hydrogen-bond acceptors (Lipinski definition) is 1. The summed E-state index contributed by atoms with van der Waals surface area (Å²) >= 11 is 5.83. The van der Waals surface area contributed by atoms with Gasteiger partial charge >= 0.3 is 0 Å². The van der Waals surface area contributed by atoms with E-state index in [4.69, 9.17) is 5.41 Å². The minimum atomic E-state index is 0.582. The van der Waals surface area contributed by atoms with Crippen LogP contribution < -0.4 is 4.90 Å². The van der Waals surface area contributed by atoms with Gasteiger partial charge in [0.25, 0.3) is 0 Å². The summed E-state index contributed by atoms with van der Waals surface area (Å²) in [5.74, 6) is 0.582. The average molecular weight is 413 g/mol. The van der Waals surface area contributed by atoms with Crippen LogP contribution in [0.25, 0.3) is 0 Å². The molecule has 90 valence electrons. The fraction of sp³-hybridized carbons (Fsp3) is 0.0714. The van der Waals surface area contributed by atoms with Gasteiger partial charge in [0.1, 0.15) is 5.84 Å². The van der Waals surface area contributed by atoms with Crippen molar-refractivity contribution in [3.63, 3.8) is 0 Å². The van der Waals surface area contributed by atoms with Gasteiger partial charge in [0, 0.05) is 19.3 Å². The Morgan fingerprint density at radius 1 is 1.17 bits per heavy atom. The standard InChI is InChI=1S/C14H10BrIN2/c15-12-7-10(5-6-13(12)16)18-8-9-3-1-2-4-11(9)14(18)17/h1-7,17H,8H2. The second-order valence-corrected chi connectivity index (χ2v) is 6.21. The smallest absolute Gasteiger partial charge is 0.133 e. The van der Waals surface area contributed by atoms with Crippen molar-refractivity contribution in [2.24, 2.45) is 0 Å². The molecule has 2 aromatic carbocycles. The molecule has 0 radical (unpaired) electrons. The molecular formula is C14H10BrIN2. The Morgan fingerprint density at radius 3 is 2.67 bits per heavy atom. The predicted molar refractivity (Wildman–Crippen MR) is 86.3 cm³/mol. The minimum absolute atomic E-state index is 0.582. The molecule has 0 unspecified atom stereocenters. The third-order valence-corrected chi connectivity index (χ3v) is 5.42. The van der Waals surface area contributed by atoms with Gasteiger partial charge in [-0.25, -0.2) is 0 Å². The van der Waals surface area contributed by atoms with E-state index in [2.05, 4.69) is 62.8 Å². The zero-order chi connectivity index (χ0) is 12.7. The van der Waals surface area contributed by atoms with Crippen molar-refractivity contribution in [1.82, 2.24) is 0 Å². The van der Waals surface area contributed by atoms with Crippen LogP contribution in [0.1, 0.15) is 11.1 Å². The highest BCUT2D eigenvalue weighted by molar-refractivity contribution is 14.1. The van der Waals surface area contributed by atoms with Crippen molar-refractivity contribution in [1.29, 1.82) is 5.41 Å². The molecule has 2 aromatic rings. The van der Waals surface area contributed by atoms with Crippen LogP contribution in [0.5, 0.6) is 0 Å². The highest BCUT2D eigenvalue weighted by Crippen LogP contribution is 2.31. The average Bonchev–Trinajstić information content (AvgIpc) is 2.71.